The van der Waals surface area contributed by atoms with Crippen LogP contribution >= 0.6 is 0 Å². The van der Waals surface area contributed by atoms with Crippen molar-refractivity contribution in [3.8, 4) is 0 Å². The second-order valence-electron chi connectivity index (χ2n) is 5.88. The van der Waals surface area contributed by atoms with Gasteiger partial charge in [-0.1, -0.05) is 0 Å². The first-order valence-corrected chi connectivity index (χ1v) is 7.27. The number of nitrogens with one attached hydrogen (secondary N) is 1. The predicted molar refractivity (Wildman–Crippen MR) is 75.4 cm³/mol. The molecule has 0 aliphatic carbocycles. The number of carbonyl (C=O) groups is 1. The molecule has 1 aromatic rings. The number of fused-ring (bicyclic) bond motifs is 1. The molecule has 2 aliphatic rings. The first-order chi connectivity index (χ1) is 9.60. The second kappa shape index (κ2) is 5.09. The molecule has 2 atom stereocenters. The maximum absolute atomic E-state index is 11.5. The summed E-state index contributed by atoms with van der Waals surface area (Å²) in [5.41, 5.74) is 1.81. The van der Waals surface area contributed by atoms with Crippen molar-refractivity contribution in [2.75, 3.05) is 18.0 Å². The molecule has 2 aliphatic heterocycles. The van der Waals surface area contributed by atoms with E-state index in [0.29, 0.717) is 18.4 Å². The van der Waals surface area contributed by atoms with E-state index in [9.17, 15) is 9.90 Å². The van der Waals surface area contributed by atoms with E-state index >= 15 is 0 Å². The lowest BCUT2D eigenvalue weighted by Crippen LogP contribution is -2.54. The Morgan fingerprint density at radius 1 is 1.45 bits per heavy atom. The Hall–Kier alpha value is -1.56. The van der Waals surface area contributed by atoms with Crippen molar-refractivity contribution in [2.24, 2.45) is 13.0 Å². The van der Waals surface area contributed by atoms with Gasteiger partial charge in [-0.25, -0.2) is 0 Å². The number of aliphatic hydroxyl groups is 1. The second-order valence-corrected chi connectivity index (χ2v) is 5.88. The zero-order valence-electron chi connectivity index (χ0n) is 12.1. The fourth-order valence-corrected chi connectivity index (χ4v) is 3.57. The molecule has 0 bridgehead atoms. The van der Waals surface area contributed by atoms with E-state index in [-0.39, 0.29) is 12.5 Å². The van der Waals surface area contributed by atoms with Crippen molar-refractivity contribution < 1.29 is 9.90 Å². The Kier molecular flexibility index (Phi) is 3.41. The number of aromatic nitrogens is 2. The quantitative estimate of drug-likeness (QED) is 0.817. The molecular formula is C14H22N4O2. The molecule has 3 rings (SSSR count). The maximum Gasteiger partial charge on any atom is 0.220 e. The number of rotatable bonds is 2. The molecule has 3 heterocycles. The molecule has 1 aromatic heterocycles. The average molecular weight is 278 g/mol. The van der Waals surface area contributed by atoms with Crippen molar-refractivity contribution in [1.82, 2.24) is 15.1 Å². The number of hydrogen-bond acceptors (Lipinski definition) is 4. The molecule has 0 radical (unpaired) electrons. The van der Waals surface area contributed by atoms with Crippen LogP contribution in [0.15, 0.2) is 0 Å². The fraction of sp³-hybridized carbons (Fsp3) is 0.714. The van der Waals surface area contributed by atoms with Gasteiger partial charge in [-0.15, -0.1) is 0 Å². The summed E-state index contributed by atoms with van der Waals surface area (Å²) < 4.78 is 1.86. The highest BCUT2D eigenvalue weighted by Crippen LogP contribution is 2.31. The number of piperidine rings is 2. The van der Waals surface area contributed by atoms with Crippen molar-refractivity contribution in [3.63, 3.8) is 0 Å². The number of anilines is 1. The highest BCUT2D eigenvalue weighted by molar-refractivity contribution is 5.77. The maximum atomic E-state index is 11.5. The molecule has 2 N–H and O–H groups in total. The Morgan fingerprint density at radius 2 is 2.25 bits per heavy atom. The van der Waals surface area contributed by atoms with Crippen LogP contribution in [0.5, 0.6) is 0 Å². The van der Waals surface area contributed by atoms with Gasteiger partial charge in [-0.05, 0) is 25.7 Å². The van der Waals surface area contributed by atoms with E-state index < -0.39 is 0 Å². The van der Waals surface area contributed by atoms with Crippen molar-refractivity contribution in [1.29, 1.82) is 0 Å². The summed E-state index contributed by atoms with van der Waals surface area (Å²) in [6.45, 7) is 3.78. The normalized spacial score (nSPS) is 26.4. The minimum atomic E-state index is 0.0241. The van der Waals surface area contributed by atoms with Gasteiger partial charge in [0.2, 0.25) is 5.91 Å². The Morgan fingerprint density at radius 3 is 3.00 bits per heavy atom. The SMILES string of the molecule is Cc1nn(C)c(N2CCC3NC(=O)CCC3C2)c1CO. The molecule has 0 spiro atoms. The smallest absolute Gasteiger partial charge is 0.220 e. The predicted octanol–water partition coefficient (Wildman–Crippen LogP) is 0.326. The Bertz CT molecular complexity index is 525. The van der Waals surface area contributed by atoms with Gasteiger partial charge in [0, 0.05) is 38.2 Å². The number of nitrogens with zero attached hydrogens (tertiary/aromatic N) is 3. The van der Waals surface area contributed by atoms with E-state index in [2.05, 4.69) is 15.3 Å². The van der Waals surface area contributed by atoms with Gasteiger partial charge >= 0.3 is 0 Å². The molecule has 20 heavy (non-hydrogen) atoms. The van der Waals surface area contributed by atoms with Crippen LogP contribution in [-0.4, -0.2) is 39.9 Å². The van der Waals surface area contributed by atoms with Crippen LogP contribution in [0, 0.1) is 12.8 Å². The fourth-order valence-electron chi connectivity index (χ4n) is 3.57. The molecule has 2 unspecified atom stereocenters. The summed E-state index contributed by atoms with van der Waals surface area (Å²) in [6.07, 6.45) is 2.55. The molecule has 0 aromatic carbocycles. The van der Waals surface area contributed by atoms with E-state index in [1.165, 1.54) is 0 Å². The van der Waals surface area contributed by atoms with Crippen molar-refractivity contribution in [2.45, 2.75) is 38.8 Å². The standard InChI is InChI=1S/C14H22N4O2/c1-9-11(8-19)14(17(2)16-9)18-6-5-12-10(7-18)3-4-13(20)15-12/h10,12,19H,3-8H2,1-2H3,(H,15,20). The van der Waals surface area contributed by atoms with Gasteiger partial charge in [-0.3, -0.25) is 9.48 Å². The lowest BCUT2D eigenvalue weighted by atomic mass is 9.85. The molecule has 6 nitrogen and oxygen atoms in total. The van der Waals surface area contributed by atoms with Crippen LogP contribution < -0.4 is 10.2 Å². The first-order valence-electron chi connectivity index (χ1n) is 7.27. The van der Waals surface area contributed by atoms with Gasteiger partial charge in [0.1, 0.15) is 5.82 Å². The summed E-state index contributed by atoms with van der Waals surface area (Å²) in [4.78, 5) is 13.8. The van der Waals surface area contributed by atoms with Crippen LogP contribution in [0.2, 0.25) is 0 Å². The third-order valence-electron chi connectivity index (χ3n) is 4.59. The first kappa shape index (κ1) is 13.4. The summed E-state index contributed by atoms with van der Waals surface area (Å²) in [7, 11) is 1.93. The largest absolute Gasteiger partial charge is 0.391 e. The molecule has 6 heteroatoms. The van der Waals surface area contributed by atoms with E-state index in [1.807, 2.05) is 18.7 Å². The lowest BCUT2D eigenvalue weighted by molar-refractivity contribution is -0.124. The van der Waals surface area contributed by atoms with Gasteiger partial charge in [-0.2, -0.15) is 5.10 Å². The molecule has 110 valence electrons. The van der Waals surface area contributed by atoms with Crippen LogP contribution in [0.4, 0.5) is 5.82 Å². The third-order valence-corrected chi connectivity index (χ3v) is 4.59. The van der Waals surface area contributed by atoms with Gasteiger partial charge in [0.05, 0.1) is 12.3 Å². The number of amides is 1. The Labute approximate surface area is 118 Å². The van der Waals surface area contributed by atoms with Crippen molar-refractivity contribution >= 4 is 11.7 Å². The van der Waals surface area contributed by atoms with Crippen LogP contribution in [0.1, 0.15) is 30.5 Å². The minimum absolute atomic E-state index is 0.0241. The van der Waals surface area contributed by atoms with Crippen LogP contribution in [-0.2, 0) is 18.4 Å². The molecule has 1 amide bonds. The molecule has 2 fully saturated rings. The number of aliphatic hydroxyl groups excluding tert-OH is 1. The van der Waals surface area contributed by atoms with Gasteiger partial charge in [0.15, 0.2) is 0 Å². The van der Waals surface area contributed by atoms with E-state index in [1.54, 1.807) is 0 Å². The Balaban J connectivity index is 1.81. The van der Waals surface area contributed by atoms with Crippen molar-refractivity contribution in [3.05, 3.63) is 11.3 Å². The molecule has 0 saturated carbocycles. The topological polar surface area (TPSA) is 70.4 Å². The summed E-state index contributed by atoms with van der Waals surface area (Å²) >= 11 is 0. The minimum Gasteiger partial charge on any atom is -0.391 e. The lowest BCUT2D eigenvalue weighted by Gasteiger charge is -2.42. The molecular weight excluding hydrogens is 256 g/mol. The van der Waals surface area contributed by atoms with E-state index in [0.717, 1.165) is 43.0 Å². The van der Waals surface area contributed by atoms with Crippen LogP contribution in [0.3, 0.4) is 0 Å². The number of carbonyl (C=O) groups excluding carboxylic acids is 1. The summed E-state index contributed by atoms with van der Waals surface area (Å²) in [5, 5.41) is 17.1. The monoisotopic (exact) mass is 278 g/mol. The van der Waals surface area contributed by atoms with Gasteiger partial charge < -0.3 is 15.3 Å². The zero-order chi connectivity index (χ0) is 14.3. The molecule has 2 saturated heterocycles. The number of aryl methyl sites for hydroxylation is 2. The average Bonchev–Trinajstić information content (AvgIpc) is 2.72. The summed E-state index contributed by atoms with van der Waals surface area (Å²) in [6, 6.07) is 0.319. The third kappa shape index (κ3) is 2.18. The number of hydrogen-bond donors (Lipinski definition) is 2. The summed E-state index contributed by atoms with van der Waals surface area (Å²) in [5.74, 6) is 1.72. The van der Waals surface area contributed by atoms with Crippen LogP contribution in [0.25, 0.3) is 0 Å². The zero-order valence-corrected chi connectivity index (χ0v) is 12.1. The van der Waals surface area contributed by atoms with E-state index in [4.69, 9.17) is 0 Å². The van der Waals surface area contributed by atoms with Gasteiger partial charge in [0.25, 0.3) is 0 Å². The highest BCUT2D eigenvalue weighted by atomic mass is 16.3. The highest BCUT2D eigenvalue weighted by Gasteiger charge is 2.35.